The lowest BCUT2D eigenvalue weighted by Crippen LogP contribution is -2.45. The number of thiazole rings is 1. The minimum Gasteiger partial charge on any atom is -0.393 e. The maximum Gasteiger partial charge on any atom is 0.193 e. The Bertz CT molecular complexity index is 604. The summed E-state index contributed by atoms with van der Waals surface area (Å²) < 4.78 is 2.03. The van der Waals surface area contributed by atoms with Gasteiger partial charge in [-0.25, -0.2) is 9.98 Å². The number of halogens is 1. The van der Waals surface area contributed by atoms with Crippen LogP contribution in [0.3, 0.4) is 0 Å². The standard InChI is InChI=1S/C15H23N5OS.HI/c1-2-16-14(18-11-3-5-13(21)6-4-11)17-9-12-10-20-7-8-22-15(20)19-12;/h7-8,10-11,13,21H,2-6,9H2,1H3,(H2,16,17,18);1H. The van der Waals surface area contributed by atoms with E-state index in [2.05, 4.69) is 27.5 Å². The van der Waals surface area contributed by atoms with Gasteiger partial charge in [0.1, 0.15) is 0 Å². The molecule has 2 heterocycles. The fourth-order valence-electron chi connectivity index (χ4n) is 2.75. The van der Waals surface area contributed by atoms with Crippen LogP contribution >= 0.6 is 35.3 Å². The molecule has 1 aliphatic carbocycles. The smallest absolute Gasteiger partial charge is 0.193 e. The van der Waals surface area contributed by atoms with Crippen LogP contribution in [0.15, 0.2) is 22.8 Å². The van der Waals surface area contributed by atoms with E-state index in [0.29, 0.717) is 12.6 Å². The van der Waals surface area contributed by atoms with E-state index in [1.807, 2.05) is 22.2 Å². The number of aliphatic imine (C=N–C) groups is 1. The first-order valence-electron chi connectivity index (χ1n) is 7.88. The zero-order valence-corrected chi connectivity index (χ0v) is 16.4. The molecule has 2 aromatic rings. The molecule has 2 aromatic heterocycles. The third-order valence-electron chi connectivity index (χ3n) is 3.92. The minimum absolute atomic E-state index is 0. The van der Waals surface area contributed by atoms with Crippen LogP contribution in [0, 0.1) is 0 Å². The average molecular weight is 449 g/mol. The maximum atomic E-state index is 9.58. The minimum atomic E-state index is -0.129. The first kappa shape index (κ1) is 18.5. The van der Waals surface area contributed by atoms with E-state index in [4.69, 9.17) is 0 Å². The van der Waals surface area contributed by atoms with Crippen LogP contribution in [-0.4, -0.2) is 39.1 Å². The van der Waals surface area contributed by atoms with Crippen molar-refractivity contribution in [3.8, 4) is 0 Å². The number of fused-ring (bicyclic) bond motifs is 1. The second-order valence-electron chi connectivity index (χ2n) is 5.67. The molecule has 1 aliphatic rings. The van der Waals surface area contributed by atoms with Gasteiger partial charge in [0, 0.05) is 30.4 Å². The molecular weight excluding hydrogens is 425 g/mol. The number of aromatic nitrogens is 2. The number of rotatable bonds is 4. The second kappa shape index (κ2) is 8.84. The van der Waals surface area contributed by atoms with Crippen LogP contribution in [-0.2, 0) is 6.54 Å². The zero-order chi connectivity index (χ0) is 15.4. The lowest BCUT2D eigenvalue weighted by atomic mass is 9.93. The van der Waals surface area contributed by atoms with Crippen molar-refractivity contribution in [3.63, 3.8) is 0 Å². The number of aliphatic hydroxyl groups excluding tert-OH is 1. The van der Waals surface area contributed by atoms with Gasteiger partial charge in [0.25, 0.3) is 0 Å². The fraction of sp³-hybridized carbons (Fsp3) is 0.600. The second-order valence-corrected chi connectivity index (χ2v) is 6.54. The quantitative estimate of drug-likeness (QED) is 0.381. The number of imidazole rings is 1. The molecule has 0 saturated heterocycles. The highest BCUT2D eigenvalue weighted by Gasteiger charge is 2.19. The molecule has 3 rings (SSSR count). The van der Waals surface area contributed by atoms with Gasteiger partial charge in [-0.05, 0) is 32.6 Å². The summed E-state index contributed by atoms with van der Waals surface area (Å²) >= 11 is 1.63. The van der Waals surface area contributed by atoms with Crippen molar-refractivity contribution in [2.24, 2.45) is 4.99 Å². The third kappa shape index (κ3) is 5.05. The van der Waals surface area contributed by atoms with Crippen molar-refractivity contribution < 1.29 is 5.11 Å². The molecule has 1 fully saturated rings. The first-order chi connectivity index (χ1) is 10.7. The highest BCUT2D eigenvalue weighted by atomic mass is 127. The Labute approximate surface area is 157 Å². The molecule has 8 heteroatoms. The van der Waals surface area contributed by atoms with Crippen molar-refractivity contribution >= 4 is 46.2 Å². The molecule has 0 spiro atoms. The SMILES string of the molecule is CCNC(=NCc1cn2ccsc2n1)NC1CCC(O)CC1.I. The van der Waals surface area contributed by atoms with Gasteiger partial charge in [-0.2, -0.15) is 0 Å². The molecule has 0 radical (unpaired) electrons. The lowest BCUT2D eigenvalue weighted by Gasteiger charge is -2.27. The van der Waals surface area contributed by atoms with Gasteiger partial charge in [-0.3, -0.25) is 4.40 Å². The monoisotopic (exact) mass is 449 g/mol. The van der Waals surface area contributed by atoms with E-state index in [1.165, 1.54) is 0 Å². The van der Waals surface area contributed by atoms with E-state index in [9.17, 15) is 5.11 Å². The highest BCUT2D eigenvalue weighted by molar-refractivity contribution is 14.0. The third-order valence-corrected chi connectivity index (χ3v) is 4.69. The zero-order valence-electron chi connectivity index (χ0n) is 13.2. The molecule has 0 atom stereocenters. The average Bonchev–Trinajstić information content (AvgIpc) is 3.08. The first-order valence-corrected chi connectivity index (χ1v) is 8.76. The van der Waals surface area contributed by atoms with Gasteiger partial charge in [0.2, 0.25) is 0 Å². The van der Waals surface area contributed by atoms with Gasteiger partial charge in [0.05, 0.1) is 18.3 Å². The Morgan fingerprint density at radius 2 is 2.22 bits per heavy atom. The van der Waals surface area contributed by atoms with Gasteiger partial charge in [-0.1, -0.05) is 0 Å². The summed E-state index contributed by atoms with van der Waals surface area (Å²) in [4.78, 5) is 10.2. The predicted octanol–water partition coefficient (Wildman–Crippen LogP) is 2.37. The Hall–Kier alpha value is -0.870. The van der Waals surface area contributed by atoms with Crippen molar-refractivity contribution in [2.45, 2.75) is 51.3 Å². The van der Waals surface area contributed by atoms with Crippen LogP contribution in [0.1, 0.15) is 38.3 Å². The van der Waals surface area contributed by atoms with Gasteiger partial charge < -0.3 is 15.7 Å². The lowest BCUT2D eigenvalue weighted by molar-refractivity contribution is 0.120. The Kier molecular flexibility index (Phi) is 7.09. The molecule has 0 aliphatic heterocycles. The summed E-state index contributed by atoms with van der Waals surface area (Å²) in [7, 11) is 0. The summed E-state index contributed by atoms with van der Waals surface area (Å²) in [6.07, 6.45) is 7.63. The summed E-state index contributed by atoms with van der Waals surface area (Å²) in [6, 6.07) is 0.395. The molecule has 23 heavy (non-hydrogen) atoms. The Morgan fingerprint density at radius 3 is 2.91 bits per heavy atom. The molecule has 6 nitrogen and oxygen atoms in total. The van der Waals surface area contributed by atoms with Crippen LogP contribution in [0.25, 0.3) is 4.96 Å². The summed E-state index contributed by atoms with van der Waals surface area (Å²) in [5.41, 5.74) is 0.975. The van der Waals surface area contributed by atoms with Gasteiger partial charge >= 0.3 is 0 Å². The Morgan fingerprint density at radius 1 is 1.43 bits per heavy atom. The normalized spacial score (nSPS) is 21.9. The van der Waals surface area contributed by atoms with Crippen LogP contribution < -0.4 is 10.6 Å². The predicted molar refractivity (Wildman–Crippen MR) is 105 cm³/mol. The molecular formula is C15H24IN5OS. The number of nitrogens with zero attached hydrogens (tertiary/aromatic N) is 3. The van der Waals surface area contributed by atoms with Crippen LogP contribution in [0.4, 0.5) is 0 Å². The van der Waals surface area contributed by atoms with E-state index in [1.54, 1.807) is 11.3 Å². The molecule has 0 unspecified atom stereocenters. The van der Waals surface area contributed by atoms with E-state index < -0.39 is 0 Å². The molecule has 0 amide bonds. The molecule has 1 saturated carbocycles. The summed E-state index contributed by atoms with van der Waals surface area (Å²) in [5.74, 6) is 0.834. The summed E-state index contributed by atoms with van der Waals surface area (Å²) in [5, 5.41) is 18.4. The van der Waals surface area contributed by atoms with E-state index in [0.717, 1.165) is 48.8 Å². The van der Waals surface area contributed by atoms with Gasteiger partial charge in [0.15, 0.2) is 10.9 Å². The molecule has 0 aromatic carbocycles. The van der Waals surface area contributed by atoms with Crippen LogP contribution in [0.5, 0.6) is 0 Å². The fourth-order valence-corrected chi connectivity index (χ4v) is 3.46. The largest absolute Gasteiger partial charge is 0.393 e. The number of guanidine groups is 1. The van der Waals surface area contributed by atoms with E-state index in [-0.39, 0.29) is 30.1 Å². The maximum absolute atomic E-state index is 9.58. The molecule has 0 bridgehead atoms. The number of aliphatic hydroxyl groups is 1. The summed E-state index contributed by atoms with van der Waals surface area (Å²) in [6.45, 7) is 3.47. The van der Waals surface area contributed by atoms with Crippen molar-refractivity contribution in [1.82, 2.24) is 20.0 Å². The van der Waals surface area contributed by atoms with Crippen molar-refractivity contribution in [2.75, 3.05) is 6.54 Å². The van der Waals surface area contributed by atoms with Crippen molar-refractivity contribution in [3.05, 3.63) is 23.5 Å². The molecule has 3 N–H and O–H groups in total. The molecule has 128 valence electrons. The van der Waals surface area contributed by atoms with Gasteiger partial charge in [-0.15, -0.1) is 35.3 Å². The van der Waals surface area contributed by atoms with Crippen molar-refractivity contribution in [1.29, 1.82) is 0 Å². The van der Waals surface area contributed by atoms with Crippen LogP contribution in [0.2, 0.25) is 0 Å². The Balaban J connectivity index is 0.00000192. The number of nitrogens with one attached hydrogen (secondary N) is 2. The number of hydrogen-bond donors (Lipinski definition) is 3. The highest BCUT2D eigenvalue weighted by Crippen LogP contribution is 2.18. The number of hydrogen-bond acceptors (Lipinski definition) is 4. The topological polar surface area (TPSA) is 74.0 Å². The van der Waals surface area contributed by atoms with E-state index >= 15 is 0 Å².